The number of aromatic amines is 1. The molecule has 2 aromatic rings. The lowest BCUT2D eigenvalue weighted by molar-refractivity contribution is 0.262. The number of hydrogen-bond acceptors (Lipinski definition) is 3. The van der Waals surface area contributed by atoms with E-state index in [4.69, 9.17) is 9.52 Å². The molecule has 0 bridgehead atoms. The van der Waals surface area contributed by atoms with Gasteiger partial charge in [0.1, 0.15) is 0 Å². The second-order valence-electron chi connectivity index (χ2n) is 3.56. The Morgan fingerprint density at radius 3 is 3.00 bits per heavy atom. The highest BCUT2D eigenvalue weighted by molar-refractivity contribution is 5.72. The van der Waals surface area contributed by atoms with Crippen LogP contribution in [-0.4, -0.2) is 16.7 Å². The van der Waals surface area contributed by atoms with Gasteiger partial charge < -0.3 is 9.52 Å². The van der Waals surface area contributed by atoms with Crippen LogP contribution in [0.1, 0.15) is 24.8 Å². The van der Waals surface area contributed by atoms with Gasteiger partial charge in [0.15, 0.2) is 5.58 Å². The minimum absolute atomic E-state index is 0.115. The Kier molecular flexibility index (Phi) is 2.60. The molecule has 0 radical (unpaired) electrons. The van der Waals surface area contributed by atoms with Crippen molar-refractivity contribution in [3.05, 3.63) is 34.3 Å². The summed E-state index contributed by atoms with van der Waals surface area (Å²) in [5.74, 6) is -0.327. The highest BCUT2D eigenvalue weighted by Crippen LogP contribution is 2.22. The largest absolute Gasteiger partial charge is 0.417 e. The summed E-state index contributed by atoms with van der Waals surface area (Å²) in [5.41, 5.74) is 2.26. The van der Waals surface area contributed by atoms with Gasteiger partial charge in [-0.1, -0.05) is 13.0 Å². The summed E-state index contributed by atoms with van der Waals surface area (Å²) in [7, 11) is 0. The summed E-state index contributed by atoms with van der Waals surface area (Å²) >= 11 is 0. The Balaban J connectivity index is 2.49. The molecule has 0 aliphatic rings. The maximum absolute atomic E-state index is 10.9. The predicted octanol–water partition coefficient (Wildman–Crippen LogP) is 1.61. The van der Waals surface area contributed by atoms with E-state index in [1.807, 2.05) is 19.1 Å². The van der Waals surface area contributed by atoms with Gasteiger partial charge in [0.2, 0.25) is 0 Å². The molecule has 0 fully saturated rings. The third-order valence-electron chi connectivity index (χ3n) is 2.63. The van der Waals surface area contributed by atoms with Crippen molar-refractivity contribution >= 4 is 11.1 Å². The Bertz CT molecular complexity index is 508. The van der Waals surface area contributed by atoms with E-state index in [-0.39, 0.29) is 12.5 Å². The van der Waals surface area contributed by atoms with Crippen molar-refractivity contribution in [2.24, 2.45) is 0 Å². The zero-order valence-corrected chi connectivity index (χ0v) is 8.49. The number of aliphatic hydroxyl groups excluding tert-OH is 1. The van der Waals surface area contributed by atoms with Crippen molar-refractivity contribution < 1.29 is 9.52 Å². The van der Waals surface area contributed by atoms with Crippen molar-refractivity contribution in [1.29, 1.82) is 0 Å². The Labute approximate surface area is 86.5 Å². The first-order valence-electron chi connectivity index (χ1n) is 4.98. The maximum Gasteiger partial charge on any atom is 0.417 e. The number of aliphatic hydroxyl groups is 1. The molecule has 2 N–H and O–H groups in total. The molecule has 4 heteroatoms. The van der Waals surface area contributed by atoms with Crippen LogP contribution in [0.4, 0.5) is 0 Å². The molecule has 1 unspecified atom stereocenters. The number of fused-ring (bicyclic) bond motifs is 1. The van der Waals surface area contributed by atoms with Crippen LogP contribution in [0.5, 0.6) is 0 Å². The third kappa shape index (κ3) is 1.80. The Morgan fingerprint density at radius 2 is 2.33 bits per heavy atom. The molecule has 2 rings (SSSR count). The maximum atomic E-state index is 10.9. The summed E-state index contributed by atoms with van der Waals surface area (Å²) in [6.45, 7) is 2.13. The predicted molar refractivity (Wildman–Crippen MR) is 57.0 cm³/mol. The van der Waals surface area contributed by atoms with Crippen molar-refractivity contribution in [1.82, 2.24) is 4.98 Å². The van der Waals surface area contributed by atoms with Crippen molar-refractivity contribution in [3.8, 4) is 0 Å². The van der Waals surface area contributed by atoms with E-state index in [9.17, 15) is 4.79 Å². The van der Waals surface area contributed by atoms with E-state index in [1.54, 1.807) is 6.07 Å². The molecule has 0 amide bonds. The fraction of sp³-hybridized carbons (Fsp3) is 0.364. The van der Waals surface area contributed by atoms with Gasteiger partial charge in [-0.2, -0.15) is 0 Å². The minimum atomic E-state index is -0.445. The summed E-state index contributed by atoms with van der Waals surface area (Å²) < 4.78 is 4.90. The number of aromatic nitrogens is 1. The molecule has 1 aromatic carbocycles. The van der Waals surface area contributed by atoms with Gasteiger partial charge in [0, 0.05) is 12.5 Å². The van der Waals surface area contributed by atoms with E-state index in [0.717, 1.165) is 12.0 Å². The molecule has 15 heavy (non-hydrogen) atoms. The van der Waals surface area contributed by atoms with Crippen LogP contribution in [0.2, 0.25) is 0 Å². The van der Waals surface area contributed by atoms with E-state index >= 15 is 0 Å². The number of nitrogens with one attached hydrogen (secondary N) is 1. The standard InChI is InChI=1S/C11H13NO3/c1-2-7(6-13)8-3-4-10-9(5-8)12-11(14)15-10/h3-5,7,13H,2,6H2,1H3,(H,12,14). The summed E-state index contributed by atoms with van der Waals surface area (Å²) in [6.07, 6.45) is 0.865. The lowest BCUT2D eigenvalue weighted by Crippen LogP contribution is -2.02. The Morgan fingerprint density at radius 1 is 1.53 bits per heavy atom. The SMILES string of the molecule is CCC(CO)c1ccc2oc(=O)[nH]c2c1. The minimum Gasteiger partial charge on any atom is -0.408 e. The normalized spacial score (nSPS) is 13.2. The van der Waals surface area contributed by atoms with E-state index in [0.29, 0.717) is 11.1 Å². The third-order valence-corrected chi connectivity index (χ3v) is 2.63. The van der Waals surface area contributed by atoms with Gasteiger partial charge in [-0.25, -0.2) is 4.79 Å². The number of H-pyrrole nitrogens is 1. The van der Waals surface area contributed by atoms with Crippen LogP contribution in [0.3, 0.4) is 0 Å². The van der Waals surface area contributed by atoms with Gasteiger partial charge in [-0.15, -0.1) is 0 Å². The van der Waals surface area contributed by atoms with Crippen LogP contribution >= 0.6 is 0 Å². The topological polar surface area (TPSA) is 66.2 Å². The smallest absolute Gasteiger partial charge is 0.408 e. The fourth-order valence-electron chi connectivity index (χ4n) is 1.69. The quantitative estimate of drug-likeness (QED) is 0.803. The second kappa shape index (κ2) is 3.90. The monoisotopic (exact) mass is 207 g/mol. The molecule has 4 nitrogen and oxygen atoms in total. The number of rotatable bonds is 3. The van der Waals surface area contributed by atoms with Gasteiger partial charge in [-0.05, 0) is 24.1 Å². The molecule has 0 spiro atoms. The summed E-state index contributed by atoms with van der Waals surface area (Å²) in [5, 5.41) is 9.16. The van der Waals surface area contributed by atoms with Gasteiger partial charge >= 0.3 is 5.76 Å². The van der Waals surface area contributed by atoms with Crippen molar-refractivity contribution in [3.63, 3.8) is 0 Å². The molecule has 80 valence electrons. The van der Waals surface area contributed by atoms with Crippen LogP contribution in [-0.2, 0) is 0 Å². The van der Waals surface area contributed by atoms with Crippen molar-refractivity contribution in [2.75, 3.05) is 6.61 Å². The molecule has 0 saturated heterocycles. The van der Waals surface area contributed by atoms with E-state index < -0.39 is 5.76 Å². The summed E-state index contributed by atoms with van der Waals surface area (Å²) in [4.78, 5) is 13.5. The van der Waals surface area contributed by atoms with E-state index in [1.165, 1.54) is 0 Å². The van der Waals surface area contributed by atoms with E-state index in [2.05, 4.69) is 4.98 Å². The molecular weight excluding hydrogens is 194 g/mol. The van der Waals surface area contributed by atoms with Crippen LogP contribution in [0.15, 0.2) is 27.4 Å². The summed E-state index contributed by atoms with van der Waals surface area (Å²) in [6, 6.07) is 5.48. The number of hydrogen-bond donors (Lipinski definition) is 2. The lowest BCUT2D eigenvalue weighted by atomic mass is 9.97. The Hall–Kier alpha value is -1.55. The lowest BCUT2D eigenvalue weighted by Gasteiger charge is -2.11. The zero-order chi connectivity index (χ0) is 10.8. The highest BCUT2D eigenvalue weighted by atomic mass is 16.4. The molecule has 1 atom stereocenters. The van der Waals surface area contributed by atoms with Gasteiger partial charge in [-0.3, -0.25) is 4.98 Å². The first-order valence-corrected chi connectivity index (χ1v) is 4.98. The zero-order valence-electron chi connectivity index (χ0n) is 8.49. The molecule has 0 aliphatic heterocycles. The average Bonchev–Trinajstić information content (AvgIpc) is 2.59. The fourth-order valence-corrected chi connectivity index (χ4v) is 1.69. The van der Waals surface area contributed by atoms with Crippen LogP contribution in [0, 0.1) is 0 Å². The van der Waals surface area contributed by atoms with Gasteiger partial charge in [0.25, 0.3) is 0 Å². The van der Waals surface area contributed by atoms with Crippen molar-refractivity contribution in [2.45, 2.75) is 19.3 Å². The van der Waals surface area contributed by atoms with Crippen LogP contribution in [0.25, 0.3) is 11.1 Å². The second-order valence-corrected chi connectivity index (χ2v) is 3.56. The van der Waals surface area contributed by atoms with Crippen LogP contribution < -0.4 is 5.76 Å². The first kappa shape index (κ1) is 9.98. The average molecular weight is 207 g/mol. The number of benzene rings is 1. The molecule has 1 heterocycles. The highest BCUT2D eigenvalue weighted by Gasteiger charge is 2.09. The molecule has 1 aromatic heterocycles. The number of oxazole rings is 1. The molecule has 0 aliphatic carbocycles. The molecule has 0 saturated carbocycles. The van der Waals surface area contributed by atoms with Gasteiger partial charge in [0.05, 0.1) is 5.52 Å². The first-order chi connectivity index (χ1) is 7.24. The molecular formula is C11H13NO3.